The summed E-state index contributed by atoms with van der Waals surface area (Å²) in [5.74, 6) is 0. The van der Waals surface area contributed by atoms with Crippen LogP contribution in [0.2, 0.25) is 0 Å². The number of pyridine rings is 1. The first kappa shape index (κ1) is 18.4. The summed E-state index contributed by atoms with van der Waals surface area (Å²) < 4.78 is 0. The van der Waals surface area contributed by atoms with Crippen LogP contribution in [-0.4, -0.2) is 4.98 Å². The lowest BCUT2D eigenvalue weighted by Gasteiger charge is -2.15. The standard InChI is InChI=1S/C27H16N4/c28-16-20-10-12-24(23-9-3-6-18-5-1-2-8-22(18)23)25(17-29)27(20)31-21-11-13-26-19(15-21)7-4-14-30-26/h1-15,31H. The Morgan fingerprint density at radius 2 is 1.55 bits per heavy atom. The predicted molar refractivity (Wildman–Crippen MR) is 124 cm³/mol. The summed E-state index contributed by atoms with van der Waals surface area (Å²) in [6, 6.07) is 32.0. The number of benzene rings is 4. The van der Waals surface area contributed by atoms with Gasteiger partial charge in [-0.25, -0.2) is 0 Å². The molecule has 1 heterocycles. The van der Waals surface area contributed by atoms with Crippen LogP contribution in [-0.2, 0) is 0 Å². The van der Waals surface area contributed by atoms with Crippen LogP contribution in [0.3, 0.4) is 0 Å². The van der Waals surface area contributed by atoms with Gasteiger partial charge in [0.2, 0.25) is 0 Å². The zero-order chi connectivity index (χ0) is 21.2. The van der Waals surface area contributed by atoms with Crippen LogP contribution in [0.5, 0.6) is 0 Å². The number of nitrogens with one attached hydrogen (secondary N) is 1. The highest BCUT2D eigenvalue weighted by atomic mass is 14.9. The largest absolute Gasteiger partial charge is 0.353 e. The molecule has 0 radical (unpaired) electrons. The monoisotopic (exact) mass is 396 g/mol. The van der Waals surface area contributed by atoms with Crippen molar-refractivity contribution in [2.24, 2.45) is 0 Å². The molecule has 0 saturated heterocycles. The topological polar surface area (TPSA) is 72.5 Å². The molecule has 0 fully saturated rings. The lowest BCUT2D eigenvalue weighted by atomic mass is 9.92. The molecule has 0 bridgehead atoms. The molecule has 4 aromatic carbocycles. The first-order valence-electron chi connectivity index (χ1n) is 9.85. The minimum Gasteiger partial charge on any atom is -0.353 e. The number of rotatable bonds is 3. The van der Waals surface area contributed by atoms with E-state index in [9.17, 15) is 10.5 Å². The van der Waals surface area contributed by atoms with Gasteiger partial charge in [0.05, 0.1) is 22.3 Å². The van der Waals surface area contributed by atoms with Gasteiger partial charge < -0.3 is 5.32 Å². The number of nitriles is 2. The lowest BCUT2D eigenvalue weighted by Crippen LogP contribution is -2.00. The van der Waals surface area contributed by atoms with E-state index in [1.54, 1.807) is 12.3 Å². The third-order valence-corrected chi connectivity index (χ3v) is 5.39. The zero-order valence-corrected chi connectivity index (χ0v) is 16.5. The average molecular weight is 396 g/mol. The molecule has 0 unspecified atom stereocenters. The number of anilines is 2. The van der Waals surface area contributed by atoms with Crippen LogP contribution in [0.25, 0.3) is 32.8 Å². The molecule has 0 atom stereocenters. The zero-order valence-electron chi connectivity index (χ0n) is 16.5. The summed E-state index contributed by atoms with van der Waals surface area (Å²) >= 11 is 0. The summed E-state index contributed by atoms with van der Waals surface area (Å²) in [5.41, 5.74) is 4.82. The molecule has 0 aliphatic carbocycles. The van der Waals surface area contributed by atoms with Crippen molar-refractivity contribution in [3.63, 3.8) is 0 Å². The molecule has 1 N–H and O–H groups in total. The van der Waals surface area contributed by atoms with Crippen LogP contribution >= 0.6 is 0 Å². The second-order valence-corrected chi connectivity index (χ2v) is 7.20. The highest BCUT2D eigenvalue weighted by molar-refractivity contribution is 5.99. The minimum absolute atomic E-state index is 0.423. The third kappa shape index (κ3) is 3.23. The van der Waals surface area contributed by atoms with E-state index in [0.29, 0.717) is 16.8 Å². The second-order valence-electron chi connectivity index (χ2n) is 7.20. The van der Waals surface area contributed by atoms with Crippen LogP contribution < -0.4 is 5.32 Å². The number of fused-ring (bicyclic) bond motifs is 2. The maximum atomic E-state index is 10.1. The average Bonchev–Trinajstić information content (AvgIpc) is 2.83. The van der Waals surface area contributed by atoms with Gasteiger partial charge in [0, 0.05) is 22.8 Å². The first-order chi connectivity index (χ1) is 15.3. The first-order valence-corrected chi connectivity index (χ1v) is 9.85. The van der Waals surface area contributed by atoms with E-state index >= 15 is 0 Å². The Bertz CT molecular complexity index is 1530. The highest BCUT2D eigenvalue weighted by Gasteiger charge is 2.16. The molecule has 0 amide bonds. The molecule has 1 aromatic heterocycles. The molecule has 0 aliphatic rings. The van der Waals surface area contributed by atoms with Gasteiger partial charge in [-0.05, 0) is 46.7 Å². The van der Waals surface area contributed by atoms with E-state index in [1.807, 2.05) is 66.7 Å². The van der Waals surface area contributed by atoms with Crippen molar-refractivity contribution < 1.29 is 0 Å². The van der Waals surface area contributed by atoms with Gasteiger partial charge in [-0.1, -0.05) is 54.6 Å². The Morgan fingerprint density at radius 3 is 2.42 bits per heavy atom. The predicted octanol–water partition coefficient (Wildman–Crippen LogP) is 6.54. The molecule has 31 heavy (non-hydrogen) atoms. The number of hydrogen-bond donors (Lipinski definition) is 1. The van der Waals surface area contributed by atoms with E-state index in [-0.39, 0.29) is 0 Å². The Labute approximate surface area is 179 Å². The van der Waals surface area contributed by atoms with Gasteiger partial charge in [-0.15, -0.1) is 0 Å². The minimum atomic E-state index is 0.423. The second kappa shape index (κ2) is 7.63. The highest BCUT2D eigenvalue weighted by Crippen LogP contribution is 2.37. The number of hydrogen-bond acceptors (Lipinski definition) is 4. The van der Waals surface area contributed by atoms with E-state index in [1.165, 1.54) is 0 Å². The molecule has 4 nitrogen and oxygen atoms in total. The van der Waals surface area contributed by atoms with Gasteiger partial charge >= 0.3 is 0 Å². The van der Waals surface area contributed by atoms with Crippen LogP contribution in [0, 0.1) is 22.7 Å². The summed E-state index contributed by atoms with van der Waals surface area (Å²) in [6.07, 6.45) is 1.75. The fourth-order valence-corrected chi connectivity index (χ4v) is 3.92. The molecule has 144 valence electrons. The Morgan fingerprint density at radius 1 is 0.710 bits per heavy atom. The lowest BCUT2D eigenvalue weighted by molar-refractivity contribution is 1.40. The molecule has 0 saturated carbocycles. The fourth-order valence-electron chi connectivity index (χ4n) is 3.92. The fraction of sp³-hybridized carbons (Fsp3) is 0. The Balaban J connectivity index is 1.70. The molecule has 5 rings (SSSR count). The van der Waals surface area contributed by atoms with Crippen molar-refractivity contribution >= 4 is 33.1 Å². The quantitative estimate of drug-likeness (QED) is 0.376. The van der Waals surface area contributed by atoms with Crippen molar-refractivity contribution in [3.05, 3.63) is 102 Å². The Hall–Kier alpha value is -4.67. The van der Waals surface area contributed by atoms with Crippen molar-refractivity contribution in [2.75, 3.05) is 5.32 Å². The van der Waals surface area contributed by atoms with Crippen molar-refractivity contribution in [2.45, 2.75) is 0 Å². The summed E-state index contributed by atoms with van der Waals surface area (Å²) in [7, 11) is 0. The summed E-state index contributed by atoms with van der Waals surface area (Å²) in [5, 5.41) is 26.3. The molecule has 5 aromatic rings. The SMILES string of the molecule is N#Cc1ccc(-c2cccc3ccccc23)c(C#N)c1Nc1ccc2ncccc2c1. The van der Waals surface area contributed by atoms with Gasteiger partial charge in [0.15, 0.2) is 0 Å². The maximum Gasteiger partial charge on any atom is 0.102 e. The number of nitrogens with zero attached hydrogens (tertiary/aromatic N) is 3. The normalized spacial score (nSPS) is 10.5. The van der Waals surface area contributed by atoms with E-state index in [2.05, 4.69) is 34.6 Å². The molecule has 0 spiro atoms. The third-order valence-electron chi connectivity index (χ3n) is 5.39. The van der Waals surface area contributed by atoms with Crippen molar-refractivity contribution in [1.82, 2.24) is 4.98 Å². The smallest absolute Gasteiger partial charge is 0.102 e. The molecular weight excluding hydrogens is 380 g/mol. The summed E-state index contributed by atoms with van der Waals surface area (Å²) in [6.45, 7) is 0. The summed E-state index contributed by atoms with van der Waals surface area (Å²) in [4.78, 5) is 4.35. The number of aromatic nitrogens is 1. The van der Waals surface area contributed by atoms with Crippen molar-refractivity contribution in [1.29, 1.82) is 10.5 Å². The molecule has 4 heteroatoms. The van der Waals surface area contributed by atoms with Gasteiger partial charge in [-0.2, -0.15) is 10.5 Å². The Kier molecular flexibility index (Phi) is 4.52. The van der Waals surface area contributed by atoms with Crippen LogP contribution in [0.15, 0.2) is 91.1 Å². The molecular formula is C27H16N4. The van der Waals surface area contributed by atoms with Crippen molar-refractivity contribution in [3.8, 4) is 23.3 Å². The van der Waals surface area contributed by atoms with Crippen LogP contribution in [0.1, 0.15) is 11.1 Å². The van der Waals surface area contributed by atoms with E-state index in [4.69, 9.17) is 0 Å². The van der Waals surface area contributed by atoms with Crippen LogP contribution in [0.4, 0.5) is 11.4 Å². The molecule has 0 aliphatic heterocycles. The van der Waals surface area contributed by atoms with Gasteiger partial charge in [0.25, 0.3) is 0 Å². The van der Waals surface area contributed by atoms with Gasteiger partial charge in [-0.3, -0.25) is 4.98 Å². The van der Waals surface area contributed by atoms with E-state index < -0.39 is 0 Å². The maximum absolute atomic E-state index is 10.1. The van der Waals surface area contributed by atoms with E-state index in [0.717, 1.165) is 38.5 Å². The van der Waals surface area contributed by atoms with Gasteiger partial charge in [0.1, 0.15) is 12.1 Å².